The number of hydrogen-bond donors (Lipinski definition) is 2. The Labute approximate surface area is 149 Å². The maximum Gasteiger partial charge on any atom is 0.337 e. The van der Waals surface area contributed by atoms with Crippen molar-refractivity contribution in [2.24, 2.45) is 0 Å². The lowest BCUT2D eigenvalue weighted by atomic mass is 10.1. The maximum atomic E-state index is 12.2. The van der Waals surface area contributed by atoms with Crippen molar-refractivity contribution in [3.63, 3.8) is 0 Å². The molecule has 1 amide bonds. The molecule has 2 aromatic carbocycles. The highest BCUT2D eigenvalue weighted by molar-refractivity contribution is 6.42. The van der Waals surface area contributed by atoms with Crippen molar-refractivity contribution >= 4 is 46.3 Å². The van der Waals surface area contributed by atoms with E-state index in [1.165, 1.54) is 12.1 Å². The molecule has 2 N–H and O–H groups in total. The minimum Gasteiger partial charge on any atom is -0.478 e. The summed E-state index contributed by atoms with van der Waals surface area (Å²) in [7, 11) is 0. The minimum absolute atomic E-state index is 0.0453. The van der Waals surface area contributed by atoms with E-state index in [4.69, 9.17) is 23.2 Å². The summed E-state index contributed by atoms with van der Waals surface area (Å²) in [4.78, 5) is 23.4. The van der Waals surface area contributed by atoms with Gasteiger partial charge in [-0.3, -0.25) is 4.79 Å². The Balaban J connectivity index is 2.24. The Hall–Kier alpha value is -2.30. The lowest BCUT2D eigenvalue weighted by Crippen LogP contribution is -2.12. The van der Waals surface area contributed by atoms with Crippen molar-refractivity contribution in [3.05, 3.63) is 69.2 Å². The van der Waals surface area contributed by atoms with E-state index in [0.29, 0.717) is 15.6 Å². The van der Waals surface area contributed by atoms with E-state index < -0.39 is 11.9 Å². The number of carbonyl (C=O) groups is 2. The number of rotatable bonds is 4. The number of hydrogen-bond acceptors (Lipinski definition) is 2. The third-order valence-corrected chi connectivity index (χ3v) is 4.12. The van der Waals surface area contributed by atoms with E-state index in [1.807, 2.05) is 0 Å². The SMILES string of the molecule is CC(=CC(=O)Nc1ccc(C)cc1C(=O)O)c1ccc(Cl)c(Cl)c1. The first-order valence-electron chi connectivity index (χ1n) is 7.06. The average molecular weight is 364 g/mol. The fourth-order valence-corrected chi connectivity index (χ4v) is 2.43. The molecule has 2 rings (SSSR count). The molecule has 2 aromatic rings. The van der Waals surface area contributed by atoms with Crippen LogP contribution in [0.2, 0.25) is 10.0 Å². The molecule has 0 atom stereocenters. The second kappa shape index (κ2) is 7.51. The predicted octanol–water partition coefficient (Wildman–Crippen LogP) is 5.04. The summed E-state index contributed by atoms with van der Waals surface area (Å²) in [5.74, 6) is -1.52. The van der Waals surface area contributed by atoms with Gasteiger partial charge in [-0.2, -0.15) is 0 Å². The number of anilines is 1. The Kier molecular flexibility index (Phi) is 5.65. The molecule has 0 fully saturated rings. The van der Waals surface area contributed by atoms with Gasteiger partial charge in [-0.15, -0.1) is 0 Å². The summed E-state index contributed by atoms with van der Waals surface area (Å²) in [6, 6.07) is 9.88. The fraction of sp³-hybridized carbons (Fsp3) is 0.111. The third kappa shape index (κ3) is 4.37. The van der Waals surface area contributed by atoms with Crippen LogP contribution in [0.3, 0.4) is 0 Å². The number of carboxylic acid groups (broad SMARTS) is 1. The Morgan fingerprint density at radius 2 is 1.79 bits per heavy atom. The van der Waals surface area contributed by atoms with E-state index in [9.17, 15) is 14.7 Å². The lowest BCUT2D eigenvalue weighted by molar-refractivity contribution is -0.111. The van der Waals surface area contributed by atoms with Crippen molar-refractivity contribution in [1.82, 2.24) is 0 Å². The van der Waals surface area contributed by atoms with Crippen molar-refractivity contribution < 1.29 is 14.7 Å². The highest BCUT2D eigenvalue weighted by Gasteiger charge is 2.12. The van der Waals surface area contributed by atoms with Crippen LogP contribution in [0.15, 0.2) is 42.5 Å². The van der Waals surface area contributed by atoms with Crippen LogP contribution in [0.5, 0.6) is 0 Å². The molecular formula is C18H15Cl2NO3. The number of halogens is 2. The van der Waals surface area contributed by atoms with Crippen molar-refractivity contribution in [3.8, 4) is 0 Å². The van der Waals surface area contributed by atoms with E-state index in [0.717, 1.165) is 11.1 Å². The zero-order valence-electron chi connectivity index (χ0n) is 13.1. The lowest BCUT2D eigenvalue weighted by Gasteiger charge is -2.09. The number of amides is 1. The standard InChI is InChI=1S/C18H15Cl2NO3/c1-10-3-6-16(13(7-10)18(23)24)21-17(22)8-11(2)12-4-5-14(19)15(20)9-12/h3-9H,1-2H3,(H,21,22)(H,23,24). The molecular weight excluding hydrogens is 349 g/mol. The third-order valence-electron chi connectivity index (χ3n) is 3.39. The van der Waals surface area contributed by atoms with E-state index >= 15 is 0 Å². The molecule has 0 saturated heterocycles. The summed E-state index contributed by atoms with van der Waals surface area (Å²) >= 11 is 11.8. The van der Waals surface area contributed by atoms with Crippen LogP contribution >= 0.6 is 23.2 Å². The predicted molar refractivity (Wildman–Crippen MR) is 96.9 cm³/mol. The minimum atomic E-state index is -1.10. The highest BCUT2D eigenvalue weighted by atomic mass is 35.5. The number of benzene rings is 2. The van der Waals surface area contributed by atoms with Gasteiger partial charge in [0.15, 0.2) is 0 Å². The topological polar surface area (TPSA) is 66.4 Å². The molecule has 0 aliphatic heterocycles. The Morgan fingerprint density at radius 1 is 1.08 bits per heavy atom. The van der Waals surface area contributed by atoms with Gasteiger partial charge in [0.05, 0.1) is 21.3 Å². The number of aromatic carboxylic acids is 1. The van der Waals surface area contributed by atoms with Gasteiger partial charge in [0, 0.05) is 6.08 Å². The number of carbonyl (C=O) groups excluding carboxylic acids is 1. The van der Waals surface area contributed by atoms with Crippen molar-refractivity contribution in [2.75, 3.05) is 5.32 Å². The second-order valence-corrected chi connectivity index (χ2v) is 6.11. The van der Waals surface area contributed by atoms with Gasteiger partial charge in [0.25, 0.3) is 0 Å². The van der Waals surface area contributed by atoms with Crippen LogP contribution in [0.25, 0.3) is 5.57 Å². The molecule has 6 heteroatoms. The largest absolute Gasteiger partial charge is 0.478 e. The van der Waals surface area contributed by atoms with Crippen LogP contribution in [0.4, 0.5) is 5.69 Å². The molecule has 0 aromatic heterocycles. The molecule has 4 nitrogen and oxygen atoms in total. The van der Waals surface area contributed by atoms with Gasteiger partial charge >= 0.3 is 5.97 Å². The van der Waals surface area contributed by atoms with Crippen LogP contribution < -0.4 is 5.32 Å². The number of allylic oxidation sites excluding steroid dienone is 1. The Bertz CT molecular complexity index is 844. The van der Waals surface area contributed by atoms with Gasteiger partial charge in [0.2, 0.25) is 5.91 Å². The molecule has 24 heavy (non-hydrogen) atoms. The molecule has 0 unspecified atom stereocenters. The second-order valence-electron chi connectivity index (χ2n) is 5.30. The van der Waals surface area contributed by atoms with Gasteiger partial charge in [0.1, 0.15) is 0 Å². The number of aryl methyl sites for hydroxylation is 1. The Morgan fingerprint density at radius 3 is 2.42 bits per heavy atom. The molecule has 124 valence electrons. The van der Waals surface area contributed by atoms with Crippen LogP contribution in [-0.4, -0.2) is 17.0 Å². The molecule has 0 spiro atoms. The molecule has 0 saturated carbocycles. The number of nitrogens with one attached hydrogen (secondary N) is 1. The zero-order chi connectivity index (χ0) is 17.9. The van der Waals surface area contributed by atoms with E-state index in [2.05, 4.69) is 5.32 Å². The van der Waals surface area contributed by atoms with E-state index in [-0.39, 0.29) is 11.3 Å². The van der Waals surface area contributed by atoms with Gasteiger partial charge in [-0.25, -0.2) is 4.79 Å². The molecule has 0 bridgehead atoms. The summed E-state index contributed by atoms with van der Waals surface area (Å²) in [6.45, 7) is 3.54. The summed E-state index contributed by atoms with van der Waals surface area (Å²) in [6.07, 6.45) is 1.38. The summed E-state index contributed by atoms with van der Waals surface area (Å²) < 4.78 is 0. The van der Waals surface area contributed by atoms with Gasteiger partial charge < -0.3 is 10.4 Å². The van der Waals surface area contributed by atoms with E-state index in [1.54, 1.807) is 44.2 Å². The van der Waals surface area contributed by atoms with Gasteiger partial charge in [-0.05, 0) is 49.2 Å². The summed E-state index contributed by atoms with van der Waals surface area (Å²) in [5, 5.41) is 12.6. The van der Waals surface area contributed by atoms with Crippen LogP contribution in [0.1, 0.15) is 28.4 Å². The molecule has 0 aliphatic rings. The highest BCUT2D eigenvalue weighted by Crippen LogP contribution is 2.26. The molecule has 0 radical (unpaired) electrons. The normalized spacial score (nSPS) is 11.2. The monoisotopic (exact) mass is 363 g/mol. The first-order valence-corrected chi connectivity index (χ1v) is 7.82. The average Bonchev–Trinajstić information content (AvgIpc) is 2.51. The van der Waals surface area contributed by atoms with Crippen LogP contribution in [-0.2, 0) is 4.79 Å². The van der Waals surface area contributed by atoms with Crippen molar-refractivity contribution in [1.29, 1.82) is 0 Å². The molecule has 0 heterocycles. The quantitative estimate of drug-likeness (QED) is 0.747. The molecule has 0 aliphatic carbocycles. The van der Waals surface area contributed by atoms with Gasteiger partial charge in [-0.1, -0.05) is 40.9 Å². The van der Waals surface area contributed by atoms with Crippen LogP contribution in [0, 0.1) is 6.92 Å². The smallest absolute Gasteiger partial charge is 0.337 e. The zero-order valence-corrected chi connectivity index (χ0v) is 14.6. The summed E-state index contributed by atoms with van der Waals surface area (Å²) in [5.41, 5.74) is 2.52. The first-order chi connectivity index (χ1) is 11.3. The number of carboxylic acids is 1. The van der Waals surface area contributed by atoms with Crippen molar-refractivity contribution in [2.45, 2.75) is 13.8 Å². The first kappa shape index (κ1) is 18.0. The fourth-order valence-electron chi connectivity index (χ4n) is 2.13. The maximum absolute atomic E-state index is 12.2.